The molecule has 0 aliphatic heterocycles. The highest BCUT2D eigenvalue weighted by atomic mass is 127. The Morgan fingerprint density at radius 3 is 2.94 bits per heavy atom. The van der Waals surface area contributed by atoms with Crippen molar-refractivity contribution in [1.82, 2.24) is 0 Å². The van der Waals surface area contributed by atoms with E-state index in [0.717, 1.165) is 12.6 Å². The SMILES string of the molecule is CCC#Cc1cc(F)c(NPI)c(C=N)c1. The average Bonchev–Trinajstić information content (AvgIpc) is 2.29. The second-order valence-corrected chi connectivity index (χ2v) is 5.00. The summed E-state index contributed by atoms with van der Waals surface area (Å²) in [7, 11) is 0. The van der Waals surface area contributed by atoms with Crippen LogP contribution >= 0.6 is 28.4 Å². The minimum atomic E-state index is -0.356. The second kappa shape index (κ2) is 6.82. The molecular weight excluding hydrogens is 337 g/mol. The minimum Gasteiger partial charge on any atom is -0.356 e. The van der Waals surface area contributed by atoms with Gasteiger partial charge in [0.05, 0.1) is 5.69 Å². The summed E-state index contributed by atoms with van der Waals surface area (Å²) in [5, 5.41) is 10.2. The van der Waals surface area contributed by atoms with Crippen LogP contribution in [-0.2, 0) is 0 Å². The van der Waals surface area contributed by atoms with Crippen LogP contribution < -0.4 is 5.09 Å². The number of hydrogen-bond acceptors (Lipinski definition) is 2. The smallest absolute Gasteiger partial charge is 0.148 e. The van der Waals surface area contributed by atoms with E-state index in [1.165, 1.54) is 6.07 Å². The third-order valence-electron chi connectivity index (χ3n) is 1.86. The van der Waals surface area contributed by atoms with Crippen LogP contribution in [0.2, 0.25) is 0 Å². The Kier molecular flexibility index (Phi) is 5.72. The van der Waals surface area contributed by atoms with Crippen molar-refractivity contribution in [3.8, 4) is 11.8 Å². The molecular formula is C11H11FIN2P. The quantitative estimate of drug-likeness (QED) is 0.369. The van der Waals surface area contributed by atoms with E-state index in [1.807, 2.05) is 6.92 Å². The third-order valence-corrected chi connectivity index (χ3v) is 3.01. The van der Waals surface area contributed by atoms with Gasteiger partial charge in [-0.3, -0.25) is 0 Å². The highest BCUT2D eigenvalue weighted by molar-refractivity contribution is 14.2. The minimum absolute atomic E-state index is 0.356. The summed E-state index contributed by atoms with van der Waals surface area (Å²) < 4.78 is 13.7. The molecule has 5 heteroatoms. The van der Waals surface area contributed by atoms with Gasteiger partial charge in [0.2, 0.25) is 0 Å². The van der Waals surface area contributed by atoms with Crippen LogP contribution in [0, 0.1) is 23.1 Å². The van der Waals surface area contributed by atoms with Crippen molar-refractivity contribution in [1.29, 1.82) is 5.41 Å². The maximum absolute atomic E-state index is 13.7. The molecule has 0 aliphatic rings. The summed E-state index contributed by atoms with van der Waals surface area (Å²) in [5.41, 5.74) is 1.52. The fraction of sp³-hybridized carbons (Fsp3) is 0.182. The van der Waals surface area contributed by atoms with Gasteiger partial charge in [0, 0.05) is 30.1 Å². The second-order valence-electron chi connectivity index (χ2n) is 2.94. The lowest BCUT2D eigenvalue weighted by Crippen LogP contribution is -1.96. The molecule has 0 saturated heterocycles. The first-order valence-electron chi connectivity index (χ1n) is 4.67. The van der Waals surface area contributed by atoms with Crippen LogP contribution in [0.15, 0.2) is 12.1 Å². The molecule has 0 bridgehead atoms. The van der Waals surface area contributed by atoms with E-state index in [1.54, 1.807) is 6.07 Å². The standard InChI is InChI=1S/C11H11FIN2P/c1-2-3-4-8-5-9(7-14)11(15-16-13)10(12)6-8/h5-7,14-16H,2H2,1H3. The molecule has 2 N–H and O–H groups in total. The lowest BCUT2D eigenvalue weighted by atomic mass is 10.1. The normalized spacial score (nSPS) is 9.94. The molecule has 0 aromatic heterocycles. The van der Waals surface area contributed by atoms with E-state index < -0.39 is 0 Å². The fourth-order valence-corrected chi connectivity index (χ4v) is 2.35. The lowest BCUT2D eigenvalue weighted by Gasteiger charge is -2.08. The van der Waals surface area contributed by atoms with Crippen LogP contribution in [-0.4, -0.2) is 6.21 Å². The molecule has 1 aromatic rings. The Morgan fingerprint density at radius 1 is 1.62 bits per heavy atom. The molecule has 0 radical (unpaired) electrons. The van der Waals surface area contributed by atoms with Crippen LogP contribution in [0.3, 0.4) is 0 Å². The van der Waals surface area contributed by atoms with E-state index in [0.29, 0.717) is 23.2 Å². The van der Waals surface area contributed by atoms with E-state index in [9.17, 15) is 4.39 Å². The summed E-state index contributed by atoms with van der Waals surface area (Å²) in [6.07, 6.45) is 2.24. The molecule has 0 amide bonds. The third kappa shape index (κ3) is 3.43. The van der Waals surface area contributed by atoms with Gasteiger partial charge < -0.3 is 10.5 Å². The number of benzene rings is 1. The highest BCUT2D eigenvalue weighted by Crippen LogP contribution is 2.29. The largest absolute Gasteiger partial charge is 0.356 e. The number of anilines is 1. The Balaban J connectivity index is 3.20. The van der Waals surface area contributed by atoms with Gasteiger partial charge in [-0.2, -0.15) is 0 Å². The number of hydrogen-bond donors (Lipinski definition) is 2. The number of rotatable bonds is 3. The van der Waals surface area contributed by atoms with Crippen molar-refractivity contribution >= 4 is 40.3 Å². The zero-order valence-electron chi connectivity index (χ0n) is 8.70. The van der Waals surface area contributed by atoms with Gasteiger partial charge in [-0.15, -0.1) is 0 Å². The van der Waals surface area contributed by atoms with Crippen LogP contribution in [0.25, 0.3) is 0 Å². The van der Waals surface area contributed by atoms with Crippen LogP contribution in [0.4, 0.5) is 10.1 Å². The molecule has 0 saturated carbocycles. The predicted octanol–water partition coefficient (Wildman–Crippen LogP) is 3.94. The molecule has 1 rings (SSSR count). The van der Waals surface area contributed by atoms with Crippen molar-refractivity contribution in [3.05, 3.63) is 29.1 Å². The first kappa shape index (κ1) is 13.4. The van der Waals surface area contributed by atoms with Crippen molar-refractivity contribution in [2.24, 2.45) is 0 Å². The summed E-state index contributed by atoms with van der Waals surface area (Å²) in [6, 6.07) is 3.12. The van der Waals surface area contributed by atoms with Crippen LogP contribution in [0.5, 0.6) is 0 Å². The fourth-order valence-electron chi connectivity index (χ4n) is 1.18. The molecule has 0 aliphatic carbocycles. The Labute approximate surface area is 109 Å². The molecule has 0 fully saturated rings. The van der Waals surface area contributed by atoms with Gasteiger partial charge in [-0.25, -0.2) is 4.39 Å². The summed E-state index contributed by atoms with van der Waals surface area (Å²) in [5.74, 6) is 5.39. The van der Waals surface area contributed by atoms with Gasteiger partial charge in [0.15, 0.2) is 0 Å². The van der Waals surface area contributed by atoms with Crippen molar-refractivity contribution in [3.63, 3.8) is 0 Å². The van der Waals surface area contributed by atoms with Gasteiger partial charge in [-0.1, -0.05) is 18.8 Å². The van der Waals surface area contributed by atoms with E-state index in [-0.39, 0.29) is 5.82 Å². The van der Waals surface area contributed by atoms with Crippen molar-refractivity contribution in [2.45, 2.75) is 13.3 Å². The lowest BCUT2D eigenvalue weighted by molar-refractivity contribution is 0.632. The Bertz CT molecular complexity index is 451. The van der Waals surface area contributed by atoms with Gasteiger partial charge in [0.1, 0.15) is 5.82 Å². The highest BCUT2D eigenvalue weighted by Gasteiger charge is 2.07. The summed E-state index contributed by atoms with van der Waals surface area (Å²) in [6.45, 7) is 1.94. The molecule has 1 unspecified atom stereocenters. The predicted molar refractivity (Wildman–Crippen MR) is 77.4 cm³/mol. The first-order valence-corrected chi connectivity index (χ1v) is 8.78. The number of halogens is 2. The average molecular weight is 348 g/mol. The van der Waals surface area contributed by atoms with Crippen molar-refractivity contribution < 1.29 is 4.39 Å². The molecule has 16 heavy (non-hydrogen) atoms. The molecule has 1 atom stereocenters. The maximum atomic E-state index is 13.7. The summed E-state index contributed by atoms with van der Waals surface area (Å²) >= 11 is 2.12. The zero-order chi connectivity index (χ0) is 12.0. The Hall–Kier alpha value is -0.660. The first-order chi connectivity index (χ1) is 7.72. The molecule has 0 heterocycles. The van der Waals surface area contributed by atoms with Gasteiger partial charge in [0.25, 0.3) is 0 Å². The maximum Gasteiger partial charge on any atom is 0.148 e. The monoisotopic (exact) mass is 348 g/mol. The molecule has 0 spiro atoms. The molecule has 2 nitrogen and oxygen atoms in total. The molecule has 1 aromatic carbocycles. The van der Waals surface area contributed by atoms with Crippen LogP contribution in [0.1, 0.15) is 24.5 Å². The molecule has 84 valence electrons. The van der Waals surface area contributed by atoms with Crippen molar-refractivity contribution in [2.75, 3.05) is 5.09 Å². The van der Waals surface area contributed by atoms with Gasteiger partial charge >= 0.3 is 0 Å². The van der Waals surface area contributed by atoms with E-state index in [4.69, 9.17) is 5.41 Å². The number of nitrogens with one attached hydrogen (secondary N) is 2. The van der Waals surface area contributed by atoms with E-state index >= 15 is 0 Å². The van der Waals surface area contributed by atoms with E-state index in [2.05, 4.69) is 39.0 Å². The Morgan fingerprint density at radius 2 is 2.38 bits per heavy atom. The topological polar surface area (TPSA) is 35.9 Å². The van der Waals surface area contributed by atoms with Gasteiger partial charge in [-0.05, 0) is 34.2 Å². The summed E-state index contributed by atoms with van der Waals surface area (Å²) in [4.78, 5) is 0. The zero-order valence-corrected chi connectivity index (χ0v) is 11.9.